The van der Waals surface area contributed by atoms with Crippen LogP contribution in [0.25, 0.3) is 10.9 Å². The fourth-order valence-corrected chi connectivity index (χ4v) is 5.40. The van der Waals surface area contributed by atoms with Crippen LogP contribution in [-0.4, -0.2) is 82.8 Å². The highest BCUT2D eigenvalue weighted by Crippen LogP contribution is 2.36. The summed E-state index contributed by atoms with van der Waals surface area (Å²) in [6, 6.07) is 9.60. The van der Waals surface area contributed by atoms with E-state index in [-0.39, 0.29) is 6.10 Å². The summed E-state index contributed by atoms with van der Waals surface area (Å²) in [7, 11) is 1.62. The van der Waals surface area contributed by atoms with Crippen LogP contribution < -0.4 is 14.8 Å². The van der Waals surface area contributed by atoms with Crippen LogP contribution in [0.4, 0.5) is 24.7 Å². The van der Waals surface area contributed by atoms with Crippen molar-refractivity contribution in [2.75, 3.05) is 43.8 Å². The number of benzene rings is 2. The zero-order chi connectivity index (χ0) is 28.2. The van der Waals surface area contributed by atoms with Gasteiger partial charge in [-0.1, -0.05) is 23.2 Å². The summed E-state index contributed by atoms with van der Waals surface area (Å²) in [4.78, 5) is 20.2. The normalized spacial score (nSPS) is 19.1. The third-order valence-corrected chi connectivity index (χ3v) is 7.69. The molecule has 2 aromatic carbocycles. The van der Waals surface area contributed by atoms with Gasteiger partial charge in [-0.15, -0.1) is 11.8 Å². The van der Waals surface area contributed by atoms with Gasteiger partial charge in [-0.3, -0.25) is 4.90 Å². The summed E-state index contributed by atoms with van der Waals surface area (Å²) >= 11 is 14.1. The molecule has 3 aromatic rings. The van der Waals surface area contributed by atoms with Crippen molar-refractivity contribution in [3.8, 4) is 11.5 Å². The number of anilines is 2. The molecule has 1 aromatic heterocycles. The molecule has 1 unspecified atom stereocenters. The number of nitrogens with one attached hydrogen (secondary N) is 1. The first-order valence-corrected chi connectivity index (χ1v) is 13.4. The Labute approximate surface area is 235 Å². The van der Waals surface area contributed by atoms with Gasteiger partial charge in [0, 0.05) is 41.4 Å². The number of hydrogen-bond acceptors (Lipinski definition) is 9. The van der Waals surface area contributed by atoms with E-state index in [1.165, 1.54) is 6.33 Å². The summed E-state index contributed by atoms with van der Waals surface area (Å²) in [5, 5.41) is 12.2. The average molecular weight is 607 g/mol. The largest absolute Gasteiger partial charge is 0.493 e. The zero-order valence-electron chi connectivity index (χ0n) is 20.4. The van der Waals surface area contributed by atoms with E-state index in [2.05, 4.69) is 20.2 Å². The summed E-state index contributed by atoms with van der Waals surface area (Å²) in [5.74, 6) is 1.31. The molecule has 2 N–H and O–H groups in total. The number of morpholine rings is 1. The molecule has 0 bridgehead atoms. The first-order chi connectivity index (χ1) is 18.5. The number of rotatable bonds is 6. The van der Waals surface area contributed by atoms with E-state index in [9.17, 15) is 13.2 Å². The third kappa shape index (κ3) is 7.48. The lowest BCUT2D eigenvalue weighted by atomic mass is 10.2. The van der Waals surface area contributed by atoms with E-state index in [0.717, 1.165) is 41.4 Å². The Hall–Kier alpha value is -2.71. The molecule has 15 heteroatoms. The van der Waals surface area contributed by atoms with Crippen LogP contribution >= 0.6 is 35.0 Å². The number of alkyl halides is 3. The number of methoxy groups -OCH3 is 1. The fourth-order valence-electron chi connectivity index (χ4n) is 3.86. The maximum absolute atomic E-state index is 10.6. The number of hydrogen-bond donors (Lipinski definition) is 2. The summed E-state index contributed by atoms with van der Waals surface area (Å²) in [5.41, 5.74) is 1.51. The molecule has 0 radical (unpaired) electrons. The first kappa shape index (κ1) is 29.3. The molecule has 2 aliphatic rings. The number of halogens is 5. The van der Waals surface area contributed by atoms with Crippen molar-refractivity contribution in [1.29, 1.82) is 0 Å². The van der Waals surface area contributed by atoms with Gasteiger partial charge < -0.3 is 24.6 Å². The molecule has 0 aliphatic carbocycles. The number of carbonyl (C=O) groups is 1. The number of carboxylic acid groups (broad SMARTS) is 1. The van der Waals surface area contributed by atoms with Crippen molar-refractivity contribution >= 4 is 63.3 Å². The van der Waals surface area contributed by atoms with Crippen LogP contribution in [0.5, 0.6) is 11.5 Å². The topological polar surface area (TPSA) is 106 Å². The molecular formula is C24H23Cl2F3N4O5S. The van der Waals surface area contributed by atoms with Crippen molar-refractivity contribution in [2.24, 2.45) is 0 Å². The predicted molar refractivity (Wildman–Crippen MR) is 143 cm³/mol. The van der Waals surface area contributed by atoms with Gasteiger partial charge in [0.1, 0.15) is 24.9 Å². The van der Waals surface area contributed by atoms with Crippen molar-refractivity contribution in [3.05, 3.63) is 46.7 Å². The average Bonchev–Trinajstić information content (AvgIpc) is 3.37. The predicted octanol–water partition coefficient (Wildman–Crippen LogP) is 5.47. The van der Waals surface area contributed by atoms with Gasteiger partial charge in [0.05, 0.1) is 29.3 Å². The van der Waals surface area contributed by atoms with Gasteiger partial charge in [-0.25, -0.2) is 14.8 Å². The van der Waals surface area contributed by atoms with Gasteiger partial charge in [0.15, 0.2) is 11.5 Å². The van der Waals surface area contributed by atoms with E-state index in [1.54, 1.807) is 19.2 Å². The molecular weight excluding hydrogens is 584 g/mol. The summed E-state index contributed by atoms with van der Waals surface area (Å²) < 4.78 is 49.5. The Morgan fingerprint density at radius 2 is 2.00 bits per heavy atom. The minimum atomic E-state index is -5.08. The molecule has 0 spiro atoms. The van der Waals surface area contributed by atoms with E-state index in [1.807, 2.05) is 30.0 Å². The fraction of sp³-hybridized carbons (Fsp3) is 0.375. The molecule has 2 fully saturated rings. The highest BCUT2D eigenvalue weighted by Gasteiger charge is 2.38. The molecule has 0 saturated carbocycles. The van der Waals surface area contributed by atoms with E-state index < -0.39 is 12.1 Å². The van der Waals surface area contributed by atoms with Crippen LogP contribution in [-0.2, 0) is 9.53 Å². The standard InChI is InChI=1S/C22H22Cl2N4O3S.C2HF3O2/c1-29-20-5-16-19(25-11-26-22(16)27-13-2-3-17(23)18(24)4-13)6-21(20)31-9-15-7-28-12-32-10-14(28)8-30-15;3-2(4,5)1(6)7/h2-6,11,14-15H,7-10,12H2,1H3,(H,25,26,27);(H,6,7)/t14-,15?;/m1./s1. The van der Waals surface area contributed by atoms with E-state index >= 15 is 0 Å². The molecule has 0 amide bonds. The van der Waals surface area contributed by atoms with Crippen LogP contribution in [0.2, 0.25) is 10.0 Å². The molecule has 210 valence electrons. The van der Waals surface area contributed by atoms with Crippen LogP contribution in [0.15, 0.2) is 36.7 Å². The second kappa shape index (κ2) is 12.6. The number of carboxylic acids is 1. The monoisotopic (exact) mass is 606 g/mol. The van der Waals surface area contributed by atoms with Crippen molar-refractivity contribution in [3.63, 3.8) is 0 Å². The third-order valence-electron chi connectivity index (χ3n) is 5.82. The highest BCUT2D eigenvalue weighted by atomic mass is 35.5. The van der Waals surface area contributed by atoms with E-state index in [0.29, 0.717) is 40.0 Å². The second-order valence-corrected chi connectivity index (χ2v) is 10.3. The molecule has 3 heterocycles. The number of aliphatic carboxylic acids is 1. The summed E-state index contributed by atoms with van der Waals surface area (Å²) in [6.07, 6.45) is -3.55. The molecule has 2 aliphatic heterocycles. The Bertz CT molecular complexity index is 1340. The molecule has 9 nitrogen and oxygen atoms in total. The van der Waals surface area contributed by atoms with Crippen molar-refractivity contribution in [1.82, 2.24) is 14.9 Å². The number of nitrogens with zero attached hydrogens (tertiary/aromatic N) is 3. The number of ether oxygens (including phenoxy) is 3. The smallest absolute Gasteiger partial charge is 0.490 e. The maximum Gasteiger partial charge on any atom is 0.490 e. The second-order valence-electron chi connectivity index (χ2n) is 8.49. The van der Waals surface area contributed by atoms with Gasteiger partial charge in [0.2, 0.25) is 0 Å². The lowest BCUT2D eigenvalue weighted by molar-refractivity contribution is -0.192. The van der Waals surface area contributed by atoms with Gasteiger partial charge in [-0.2, -0.15) is 13.2 Å². The zero-order valence-corrected chi connectivity index (χ0v) is 22.7. The quantitative estimate of drug-likeness (QED) is 0.375. The minimum absolute atomic E-state index is 0.0302. The molecule has 2 atom stereocenters. The van der Waals surface area contributed by atoms with Crippen LogP contribution in [0, 0.1) is 0 Å². The van der Waals surface area contributed by atoms with Crippen LogP contribution in [0.1, 0.15) is 0 Å². The maximum atomic E-state index is 10.6. The van der Waals surface area contributed by atoms with Crippen molar-refractivity contribution in [2.45, 2.75) is 18.3 Å². The number of thioether (sulfide) groups is 1. The molecule has 39 heavy (non-hydrogen) atoms. The first-order valence-electron chi connectivity index (χ1n) is 11.5. The number of aromatic nitrogens is 2. The minimum Gasteiger partial charge on any atom is -0.493 e. The Kier molecular flexibility index (Phi) is 9.49. The Morgan fingerprint density at radius 3 is 2.69 bits per heavy atom. The van der Waals surface area contributed by atoms with Crippen molar-refractivity contribution < 1.29 is 37.3 Å². The lowest BCUT2D eigenvalue weighted by Crippen LogP contribution is -2.48. The Balaban J connectivity index is 0.000000448. The molecule has 5 rings (SSSR count). The van der Waals surface area contributed by atoms with Gasteiger partial charge in [-0.05, 0) is 24.3 Å². The highest BCUT2D eigenvalue weighted by molar-refractivity contribution is 7.99. The number of fused-ring (bicyclic) bond motifs is 2. The SMILES string of the molecule is COc1cc2c(Nc3ccc(Cl)c(Cl)c3)ncnc2cc1OCC1CN2CSC[C@H]2CO1.O=C(O)C(F)(F)F. The molecule has 2 saturated heterocycles. The lowest BCUT2D eigenvalue weighted by Gasteiger charge is -2.34. The Morgan fingerprint density at radius 1 is 1.23 bits per heavy atom. The summed E-state index contributed by atoms with van der Waals surface area (Å²) in [6.45, 7) is 2.09. The van der Waals surface area contributed by atoms with Gasteiger partial charge >= 0.3 is 12.1 Å². The van der Waals surface area contributed by atoms with Gasteiger partial charge in [0.25, 0.3) is 0 Å². The van der Waals surface area contributed by atoms with E-state index in [4.69, 9.17) is 47.3 Å². The van der Waals surface area contributed by atoms with Crippen LogP contribution in [0.3, 0.4) is 0 Å².